The fourth-order valence-corrected chi connectivity index (χ4v) is 2.96. The standard InChI is InChI=1S/C20H22N2O4/c1-19(2,3)14-9-7-13(8-10-14)15(23)12-22-17(24)20(4,21-18(22)25)16-6-5-11-26-16/h5-11H,12H2,1-4H3,(H,21,25). The Hall–Kier alpha value is -2.89. The quantitative estimate of drug-likeness (QED) is 0.675. The van der Waals surface area contributed by atoms with Crippen molar-refractivity contribution in [2.75, 3.05) is 6.54 Å². The molecule has 6 nitrogen and oxygen atoms in total. The number of nitrogens with one attached hydrogen (secondary N) is 1. The second-order valence-electron chi connectivity index (χ2n) is 7.67. The van der Waals surface area contributed by atoms with Gasteiger partial charge in [-0.25, -0.2) is 4.79 Å². The molecule has 26 heavy (non-hydrogen) atoms. The highest BCUT2D eigenvalue weighted by Crippen LogP contribution is 2.29. The number of carbonyl (C=O) groups is 3. The van der Waals surface area contributed by atoms with E-state index in [9.17, 15) is 14.4 Å². The molecule has 3 amide bonds. The van der Waals surface area contributed by atoms with Crippen molar-refractivity contribution >= 4 is 17.7 Å². The number of amides is 3. The lowest BCUT2D eigenvalue weighted by Gasteiger charge is -2.20. The van der Waals surface area contributed by atoms with Crippen molar-refractivity contribution in [2.45, 2.75) is 38.6 Å². The van der Waals surface area contributed by atoms with E-state index in [1.54, 1.807) is 31.2 Å². The Morgan fingerprint density at radius 2 is 1.81 bits per heavy atom. The third kappa shape index (κ3) is 3.03. The number of hydrogen-bond acceptors (Lipinski definition) is 4. The number of urea groups is 1. The lowest BCUT2D eigenvalue weighted by Crippen LogP contribution is -2.41. The van der Waals surface area contributed by atoms with Crippen molar-refractivity contribution in [1.29, 1.82) is 0 Å². The van der Waals surface area contributed by atoms with E-state index >= 15 is 0 Å². The van der Waals surface area contributed by atoms with Crippen LogP contribution in [0.1, 0.15) is 49.4 Å². The Morgan fingerprint density at radius 1 is 1.15 bits per heavy atom. The Morgan fingerprint density at radius 3 is 2.35 bits per heavy atom. The van der Waals surface area contributed by atoms with Gasteiger partial charge in [0.1, 0.15) is 5.76 Å². The van der Waals surface area contributed by atoms with Gasteiger partial charge in [-0.15, -0.1) is 0 Å². The molecular formula is C20H22N2O4. The average molecular weight is 354 g/mol. The first-order chi connectivity index (χ1) is 12.1. The number of imide groups is 1. The zero-order valence-corrected chi connectivity index (χ0v) is 15.3. The molecule has 2 aromatic rings. The number of benzene rings is 1. The maximum Gasteiger partial charge on any atom is 0.325 e. The third-order valence-corrected chi connectivity index (χ3v) is 4.66. The zero-order chi connectivity index (χ0) is 19.1. The van der Waals surface area contributed by atoms with E-state index in [0.717, 1.165) is 10.5 Å². The molecule has 6 heteroatoms. The normalized spacial score (nSPS) is 20.4. The maximum atomic E-state index is 12.7. The lowest BCUT2D eigenvalue weighted by molar-refractivity contribution is -0.131. The van der Waals surface area contributed by atoms with Crippen molar-refractivity contribution in [2.24, 2.45) is 0 Å². The van der Waals surface area contributed by atoms with Gasteiger partial charge in [0.15, 0.2) is 11.3 Å². The molecule has 1 aliphatic heterocycles. The van der Waals surface area contributed by atoms with Crippen molar-refractivity contribution < 1.29 is 18.8 Å². The van der Waals surface area contributed by atoms with Gasteiger partial charge in [0.25, 0.3) is 5.91 Å². The summed E-state index contributed by atoms with van der Waals surface area (Å²) in [6.45, 7) is 7.52. The molecule has 1 fully saturated rings. The van der Waals surface area contributed by atoms with Crippen LogP contribution in [0.3, 0.4) is 0 Å². The fourth-order valence-electron chi connectivity index (χ4n) is 2.96. The van der Waals surface area contributed by atoms with Gasteiger partial charge in [-0.05, 0) is 30.0 Å². The van der Waals surface area contributed by atoms with Gasteiger partial charge in [-0.1, -0.05) is 45.0 Å². The molecule has 1 aliphatic rings. The molecule has 3 rings (SSSR count). The summed E-state index contributed by atoms with van der Waals surface area (Å²) in [6, 6.07) is 9.91. The van der Waals surface area contributed by atoms with Crippen LogP contribution < -0.4 is 5.32 Å². The van der Waals surface area contributed by atoms with Crippen LogP contribution in [0.4, 0.5) is 4.79 Å². The van der Waals surface area contributed by atoms with Gasteiger partial charge >= 0.3 is 6.03 Å². The summed E-state index contributed by atoms with van der Waals surface area (Å²) in [7, 11) is 0. The minimum atomic E-state index is -1.29. The van der Waals surface area contributed by atoms with E-state index in [1.807, 2.05) is 12.1 Å². The lowest BCUT2D eigenvalue weighted by atomic mass is 9.86. The van der Waals surface area contributed by atoms with Crippen molar-refractivity contribution in [3.8, 4) is 0 Å². The number of nitrogens with zero attached hydrogens (tertiary/aromatic N) is 1. The number of rotatable bonds is 4. The van der Waals surface area contributed by atoms with Crippen LogP contribution in [0, 0.1) is 0 Å². The first kappa shape index (κ1) is 17.9. The van der Waals surface area contributed by atoms with Gasteiger partial charge < -0.3 is 9.73 Å². The van der Waals surface area contributed by atoms with Crippen LogP contribution >= 0.6 is 0 Å². The smallest absolute Gasteiger partial charge is 0.325 e. The van der Waals surface area contributed by atoms with Gasteiger partial charge in [-0.3, -0.25) is 14.5 Å². The summed E-state index contributed by atoms with van der Waals surface area (Å²) in [5.41, 5.74) is 0.258. The number of ketones is 1. The highest BCUT2D eigenvalue weighted by molar-refractivity contribution is 6.11. The van der Waals surface area contributed by atoms with E-state index < -0.39 is 17.5 Å². The number of furan rings is 1. The van der Waals surface area contributed by atoms with E-state index in [0.29, 0.717) is 11.3 Å². The predicted molar refractivity (Wildman–Crippen MR) is 95.8 cm³/mol. The topological polar surface area (TPSA) is 79.6 Å². The maximum absolute atomic E-state index is 12.7. The largest absolute Gasteiger partial charge is 0.466 e. The first-order valence-corrected chi connectivity index (χ1v) is 8.45. The minimum Gasteiger partial charge on any atom is -0.466 e. The fraction of sp³-hybridized carbons (Fsp3) is 0.350. The minimum absolute atomic E-state index is 0.0166. The van der Waals surface area contributed by atoms with Crippen LogP contribution in [-0.4, -0.2) is 29.2 Å². The Balaban J connectivity index is 1.77. The summed E-state index contributed by atoms with van der Waals surface area (Å²) >= 11 is 0. The molecule has 1 N–H and O–H groups in total. The number of hydrogen-bond donors (Lipinski definition) is 1. The molecule has 136 valence electrons. The third-order valence-electron chi connectivity index (χ3n) is 4.66. The average Bonchev–Trinajstić information content (AvgIpc) is 3.19. The van der Waals surface area contributed by atoms with E-state index in [1.165, 1.54) is 6.26 Å². The van der Waals surface area contributed by atoms with Crippen LogP contribution in [0.25, 0.3) is 0 Å². The van der Waals surface area contributed by atoms with Crippen LogP contribution in [0.5, 0.6) is 0 Å². The Labute approximate surface area is 152 Å². The first-order valence-electron chi connectivity index (χ1n) is 8.45. The molecule has 2 heterocycles. The molecule has 0 saturated carbocycles. The Bertz CT molecular complexity index is 847. The molecule has 1 aromatic heterocycles. The van der Waals surface area contributed by atoms with Crippen molar-refractivity contribution in [1.82, 2.24) is 10.2 Å². The Kier molecular flexibility index (Phi) is 4.22. The molecule has 0 spiro atoms. The molecule has 1 aromatic carbocycles. The highest BCUT2D eigenvalue weighted by atomic mass is 16.3. The summed E-state index contributed by atoms with van der Waals surface area (Å²) in [6.07, 6.45) is 1.44. The molecule has 0 aliphatic carbocycles. The second kappa shape index (κ2) is 6.12. The van der Waals surface area contributed by atoms with Crippen LogP contribution in [0.15, 0.2) is 47.1 Å². The molecule has 0 bridgehead atoms. The molecule has 1 atom stereocenters. The van der Waals surface area contributed by atoms with E-state index in [4.69, 9.17) is 4.42 Å². The molecular weight excluding hydrogens is 332 g/mol. The van der Waals surface area contributed by atoms with Gasteiger partial charge in [0, 0.05) is 5.56 Å². The van der Waals surface area contributed by atoms with Gasteiger partial charge in [-0.2, -0.15) is 0 Å². The SMILES string of the molecule is CC(C)(C)c1ccc(C(=O)CN2C(=O)NC(C)(c3ccco3)C2=O)cc1. The summed E-state index contributed by atoms with van der Waals surface area (Å²) in [5.74, 6) is -0.463. The van der Waals surface area contributed by atoms with Crippen molar-refractivity contribution in [3.05, 3.63) is 59.5 Å². The predicted octanol–water partition coefficient (Wildman–Crippen LogP) is 3.23. The number of Topliss-reactive ketones (excluding diaryl/α,β-unsaturated/α-hetero) is 1. The van der Waals surface area contributed by atoms with Crippen LogP contribution in [0.2, 0.25) is 0 Å². The van der Waals surface area contributed by atoms with E-state index in [2.05, 4.69) is 26.1 Å². The zero-order valence-electron chi connectivity index (χ0n) is 15.3. The van der Waals surface area contributed by atoms with Gasteiger partial charge in [0.05, 0.1) is 12.8 Å². The monoisotopic (exact) mass is 354 g/mol. The van der Waals surface area contributed by atoms with Gasteiger partial charge in [0.2, 0.25) is 0 Å². The molecule has 1 unspecified atom stereocenters. The summed E-state index contributed by atoms with van der Waals surface area (Å²) in [5, 5.41) is 2.61. The molecule has 1 saturated heterocycles. The highest BCUT2D eigenvalue weighted by Gasteiger charge is 2.51. The molecule has 0 radical (unpaired) electrons. The number of carbonyl (C=O) groups excluding carboxylic acids is 3. The second-order valence-corrected chi connectivity index (χ2v) is 7.67. The summed E-state index contributed by atoms with van der Waals surface area (Å²) in [4.78, 5) is 38.5. The van der Waals surface area contributed by atoms with E-state index in [-0.39, 0.29) is 17.7 Å². The van der Waals surface area contributed by atoms with Crippen LogP contribution in [-0.2, 0) is 15.7 Å². The van der Waals surface area contributed by atoms with Crippen molar-refractivity contribution in [3.63, 3.8) is 0 Å². The summed E-state index contributed by atoms with van der Waals surface area (Å²) < 4.78 is 5.27.